The summed E-state index contributed by atoms with van der Waals surface area (Å²) in [7, 11) is -0.770. The maximum atomic E-state index is 12.8. The molecule has 2 rings (SSSR count). The smallest absolute Gasteiger partial charge is 0.0504 e. The van der Waals surface area contributed by atoms with E-state index in [0.717, 1.165) is 19.4 Å². The molecule has 3 unspecified atom stereocenters. The molecule has 1 aromatic rings. The largest absolute Gasteiger partial charge is 0.313 e. The van der Waals surface area contributed by atoms with Gasteiger partial charge < -0.3 is 5.32 Å². The summed E-state index contributed by atoms with van der Waals surface area (Å²) in [6.07, 6.45) is 5.95. The second-order valence-corrected chi connectivity index (χ2v) is 8.06. The lowest BCUT2D eigenvalue weighted by atomic mass is 9.95. The summed E-state index contributed by atoms with van der Waals surface area (Å²) < 4.78 is 12.8. The molecule has 1 fully saturated rings. The van der Waals surface area contributed by atoms with Gasteiger partial charge in [-0.25, -0.2) is 0 Å². The molecule has 0 bridgehead atoms. The Hall–Kier alpha value is -0.670. The monoisotopic (exact) mass is 307 g/mol. The van der Waals surface area contributed by atoms with Crippen molar-refractivity contribution in [3.8, 4) is 0 Å². The van der Waals surface area contributed by atoms with Crippen LogP contribution in [0.3, 0.4) is 0 Å². The van der Waals surface area contributed by atoms with E-state index in [1.165, 1.54) is 36.0 Å². The predicted octanol–water partition coefficient (Wildman–Crippen LogP) is 3.86. The van der Waals surface area contributed by atoms with Crippen LogP contribution in [0.1, 0.15) is 55.7 Å². The first-order valence-corrected chi connectivity index (χ1v) is 9.66. The molecule has 1 N–H and O–H groups in total. The molecule has 0 saturated heterocycles. The maximum absolute atomic E-state index is 12.8. The van der Waals surface area contributed by atoms with Crippen LogP contribution in [0, 0.1) is 13.8 Å². The molecule has 1 aliphatic carbocycles. The summed E-state index contributed by atoms with van der Waals surface area (Å²) in [4.78, 5) is 0. The first-order chi connectivity index (χ1) is 10.1. The van der Waals surface area contributed by atoms with Crippen LogP contribution in [-0.4, -0.2) is 22.0 Å². The van der Waals surface area contributed by atoms with Gasteiger partial charge in [0.05, 0.1) is 5.25 Å². The Morgan fingerprint density at radius 2 is 1.81 bits per heavy atom. The van der Waals surface area contributed by atoms with Gasteiger partial charge in [0.2, 0.25) is 0 Å². The molecule has 118 valence electrons. The van der Waals surface area contributed by atoms with E-state index in [-0.39, 0.29) is 0 Å². The minimum absolute atomic E-state index is 0.325. The summed E-state index contributed by atoms with van der Waals surface area (Å²) in [5.74, 6) is 0.706. The van der Waals surface area contributed by atoms with Crippen molar-refractivity contribution in [3.63, 3.8) is 0 Å². The molecule has 1 aromatic carbocycles. The summed E-state index contributed by atoms with van der Waals surface area (Å²) in [5.41, 5.74) is 3.77. The van der Waals surface area contributed by atoms with E-state index in [0.29, 0.717) is 17.0 Å². The van der Waals surface area contributed by atoms with Gasteiger partial charge in [-0.2, -0.15) is 0 Å². The standard InChI is InChI=1S/C18H29NOS/c1-4-9-19-17-7-5-6-8-18(17)21(20)13-16-11-14(2)10-15(3)12-16/h10-12,17-19H,4-9,13H2,1-3H3. The zero-order valence-electron chi connectivity index (χ0n) is 13.7. The normalized spacial score (nSPS) is 24.0. The zero-order chi connectivity index (χ0) is 15.2. The number of aryl methyl sites for hydroxylation is 2. The Morgan fingerprint density at radius 1 is 1.14 bits per heavy atom. The van der Waals surface area contributed by atoms with Gasteiger partial charge in [0.15, 0.2) is 0 Å². The fraction of sp³-hybridized carbons (Fsp3) is 0.667. The Labute approximate surface area is 132 Å². The number of benzene rings is 1. The molecule has 0 radical (unpaired) electrons. The maximum Gasteiger partial charge on any atom is 0.0504 e. The molecule has 21 heavy (non-hydrogen) atoms. The van der Waals surface area contributed by atoms with Crippen molar-refractivity contribution in [2.75, 3.05) is 6.54 Å². The van der Waals surface area contributed by atoms with Crippen LogP contribution in [0.15, 0.2) is 18.2 Å². The van der Waals surface area contributed by atoms with Crippen LogP contribution < -0.4 is 5.32 Å². The first kappa shape index (κ1) is 16.7. The van der Waals surface area contributed by atoms with Crippen LogP contribution in [0.25, 0.3) is 0 Å². The summed E-state index contributed by atoms with van der Waals surface area (Å²) >= 11 is 0. The van der Waals surface area contributed by atoms with E-state index in [4.69, 9.17) is 0 Å². The fourth-order valence-electron chi connectivity index (χ4n) is 3.40. The van der Waals surface area contributed by atoms with Crippen molar-refractivity contribution in [1.82, 2.24) is 5.32 Å². The first-order valence-electron chi connectivity index (χ1n) is 8.28. The lowest BCUT2D eigenvalue weighted by Gasteiger charge is -2.31. The highest BCUT2D eigenvalue weighted by Crippen LogP contribution is 2.25. The van der Waals surface area contributed by atoms with E-state index in [2.05, 4.69) is 44.3 Å². The second-order valence-electron chi connectivity index (χ2n) is 6.40. The Bertz CT molecular complexity index is 466. The number of nitrogens with one attached hydrogen (secondary N) is 1. The Morgan fingerprint density at radius 3 is 2.48 bits per heavy atom. The van der Waals surface area contributed by atoms with Crippen molar-refractivity contribution in [3.05, 3.63) is 34.9 Å². The van der Waals surface area contributed by atoms with Crippen LogP contribution in [0.4, 0.5) is 0 Å². The SMILES string of the molecule is CCCNC1CCCCC1S(=O)Cc1cc(C)cc(C)c1. The summed E-state index contributed by atoms with van der Waals surface area (Å²) in [6, 6.07) is 6.99. The van der Waals surface area contributed by atoms with Crippen molar-refractivity contribution < 1.29 is 4.21 Å². The van der Waals surface area contributed by atoms with Crippen molar-refractivity contribution in [2.45, 2.75) is 69.9 Å². The van der Waals surface area contributed by atoms with Crippen LogP contribution >= 0.6 is 0 Å². The van der Waals surface area contributed by atoms with Crippen LogP contribution in [0.5, 0.6) is 0 Å². The summed E-state index contributed by atoms with van der Waals surface area (Å²) in [6.45, 7) is 7.47. The molecule has 0 amide bonds. The molecule has 0 aliphatic heterocycles. The van der Waals surface area contributed by atoms with Crippen molar-refractivity contribution in [1.29, 1.82) is 0 Å². The highest BCUT2D eigenvalue weighted by atomic mass is 32.2. The average Bonchev–Trinajstić information content (AvgIpc) is 2.44. The topological polar surface area (TPSA) is 29.1 Å². The third-order valence-electron chi connectivity index (χ3n) is 4.29. The number of rotatable bonds is 6. The van der Waals surface area contributed by atoms with Gasteiger partial charge in [0.1, 0.15) is 0 Å². The van der Waals surface area contributed by atoms with E-state index in [9.17, 15) is 4.21 Å². The van der Waals surface area contributed by atoms with Crippen LogP contribution in [-0.2, 0) is 16.6 Å². The Balaban J connectivity index is 2.02. The van der Waals surface area contributed by atoms with E-state index < -0.39 is 10.8 Å². The average molecular weight is 308 g/mol. The second kappa shape index (κ2) is 8.09. The third kappa shape index (κ3) is 4.93. The van der Waals surface area contributed by atoms with Gasteiger partial charge in [-0.15, -0.1) is 0 Å². The third-order valence-corrected chi connectivity index (χ3v) is 6.14. The number of hydrogen-bond donors (Lipinski definition) is 1. The predicted molar refractivity (Wildman–Crippen MR) is 92.1 cm³/mol. The van der Waals surface area contributed by atoms with Gasteiger partial charge in [0, 0.05) is 22.6 Å². The molecule has 1 aliphatic rings. The van der Waals surface area contributed by atoms with Gasteiger partial charge in [0.25, 0.3) is 0 Å². The molecule has 3 heteroatoms. The molecule has 0 spiro atoms. The molecular formula is C18H29NOS. The van der Waals surface area contributed by atoms with Gasteiger partial charge in [-0.3, -0.25) is 4.21 Å². The van der Waals surface area contributed by atoms with Gasteiger partial charge in [-0.1, -0.05) is 49.1 Å². The van der Waals surface area contributed by atoms with E-state index in [1.54, 1.807) is 0 Å². The molecule has 2 nitrogen and oxygen atoms in total. The lowest BCUT2D eigenvalue weighted by Crippen LogP contribution is -2.44. The van der Waals surface area contributed by atoms with Crippen molar-refractivity contribution in [2.24, 2.45) is 0 Å². The highest BCUT2D eigenvalue weighted by Gasteiger charge is 2.29. The molecule has 1 saturated carbocycles. The van der Waals surface area contributed by atoms with E-state index in [1.807, 2.05) is 0 Å². The quantitative estimate of drug-likeness (QED) is 0.864. The minimum atomic E-state index is -0.770. The molecule has 0 heterocycles. The summed E-state index contributed by atoms with van der Waals surface area (Å²) in [5, 5.41) is 3.94. The fourth-order valence-corrected chi connectivity index (χ4v) is 5.14. The van der Waals surface area contributed by atoms with Gasteiger partial charge >= 0.3 is 0 Å². The Kier molecular flexibility index (Phi) is 6.43. The minimum Gasteiger partial charge on any atom is -0.313 e. The number of hydrogen-bond acceptors (Lipinski definition) is 2. The molecular weight excluding hydrogens is 278 g/mol. The van der Waals surface area contributed by atoms with E-state index >= 15 is 0 Å². The molecule has 0 aromatic heterocycles. The van der Waals surface area contributed by atoms with Gasteiger partial charge in [-0.05, 0) is 45.2 Å². The molecule has 3 atom stereocenters. The zero-order valence-corrected chi connectivity index (χ0v) is 14.5. The highest BCUT2D eigenvalue weighted by molar-refractivity contribution is 7.84. The van der Waals surface area contributed by atoms with Crippen LogP contribution in [0.2, 0.25) is 0 Å². The lowest BCUT2D eigenvalue weighted by molar-refractivity contribution is 0.379. The van der Waals surface area contributed by atoms with Crippen molar-refractivity contribution >= 4 is 10.8 Å².